The topological polar surface area (TPSA) is 54.4 Å². The van der Waals surface area contributed by atoms with Gasteiger partial charge in [-0.3, -0.25) is 10.5 Å². The number of hydrogen-bond donors (Lipinski definition) is 1. The first kappa shape index (κ1) is 67.0. The SMILES string of the molecule is C.C.C.C.C.C.C[C-](C)C(C)(C)S(=O)(=O)O.[Y].[Y].[Y]. The first-order valence-corrected chi connectivity index (χ1v) is 4.41. The molecule has 19 heavy (non-hydrogen) atoms. The molecule has 119 valence electrons. The molecule has 3 nitrogen and oxygen atoms in total. The Bertz CT molecular complexity index is 216. The van der Waals surface area contributed by atoms with Crippen molar-refractivity contribution in [3.05, 3.63) is 5.92 Å². The Labute approximate surface area is 201 Å². The molecule has 0 unspecified atom stereocenters. The van der Waals surface area contributed by atoms with Crippen LogP contribution >= 0.6 is 0 Å². The molecule has 0 aliphatic heterocycles. The molecule has 0 atom stereocenters. The maximum Gasteiger partial charge on any atom is 0.241 e. The van der Waals surface area contributed by atoms with Crippen LogP contribution in [-0.2, 0) is 108 Å². The van der Waals surface area contributed by atoms with E-state index in [4.69, 9.17) is 4.55 Å². The molecule has 0 amide bonds. The summed E-state index contributed by atoms with van der Waals surface area (Å²) in [5, 5.41) is 0. The van der Waals surface area contributed by atoms with Gasteiger partial charge >= 0.3 is 0 Å². The minimum atomic E-state index is -3.94. The van der Waals surface area contributed by atoms with E-state index in [1.807, 2.05) is 0 Å². The van der Waals surface area contributed by atoms with Gasteiger partial charge in [0.25, 0.3) is 0 Å². The Hall–Kier alpha value is 3.22. The molecule has 0 spiro atoms. The minimum absolute atomic E-state index is 0. The molecule has 0 aromatic rings. The van der Waals surface area contributed by atoms with Crippen molar-refractivity contribution in [2.24, 2.45) is 0 Å². The first-order valence-electron chi connectivity index (χ1n) is 2.97. The van der Waals surface area contributed by atoms with E-state index in [1.165, 1.54) is 13.8 Å². The second kappa shape index (κ2) is 26.1. The summed E-state index contributed by atoms with van der Waals surface area (Å²) in [6, 6.07) is 0. The normalized spacial score (nSPS) is 7.47. The van der Waals surface area contributed by atoms with E-state index in [-0.39, 0.29) is 143 Å². The van der Waals surface area contributed by atoms with Crippen molar-refractivity contribution < 1.29 is 111 Å². The Morgan fingerprint density at radius 3 is 0.947 bits per heavy atom. The zero-order chi connectivity index (χ0) is 8.58. The Morgan fingerprint density at radius 2 is 0.947 bits per heavy atom. The molecule has 0 saturated heterocycles. The summed E-state index contributed by atoms with van der Waals surface area (Å²) in [5.74, 6) is 0.676. The molecular weight excluding hydrogens is 491 g/mol. The monoisotopic (exact) mass is 528 g/mol. The third-order valence-corrected chi connectivity index (χ3v) is 3.55. The van der Waals surface area contributed by atoms with Crippen LogP contribution in [0.15, 0.2) is 0 Å². The Balaban J connectivity index is -0.0000000112. The summed E-state index contributed by atoms with van der Waals surface area (Å²) in [4.78, 5) is 0. The van der Waals surface area contributed by atoms with Crippen LogP contribution in [0.2, 0.25) is 0 Å². The van der Waals surface area contributed by atoms with Crippen LogP contribution in [0.3, 0.4) is 0 Å². The summed E-state index contributed by atoms with van der Waals surface area (Å²) in [6.45, 7) is 6.29. The van der Waals surface area contributed by atoms with Crippen LogP contribution < -0.4 is 0 Å². The first-order chi connectivity index (χ1) is 4.19. The van der Waals surface area contributed by atoms with Crippen molar-refractivity contribution in [1.29, 1.82) is 0 Å². The summed E-state index contributed by atoms with van der Waals surface area (Å²) in [5.41, 5.74) is 0. The van der Waals surface area contributed by atoms with Crippen molar-refractivity contribution in [2.75, 3.05) is 0 Å². The van der Waals surface area contributed by atoms with Gasteiger partial charge < -0.3 is 0 Å². The largest absolute Gasteiger partial charge is 0.297 e. The van der Waals surface area contributed by atoms with Gasteiger partial charge in [0.15, 0.2) is 0 Å². The zero-order valence-corrected chi connectivity index (χ0v) is 17.7. The molecule has 0 saturated carbocycles. The van der Waals surface area contributed by atoms with Gasteiger partial charge in [-0.15, -0.1) is 0 Å². The fourth-order valence-corrected chi connectivity index (χ4v) is 0.774. The van der Waals surface area contributed by atoms with Gasteiger partial charge in [0, 0.05) is 98.1 Å². The predicted molar refractivity (Wildman–Crippen MR) is 80.6 cm³/mol. The Morgan fingerprint density at radius 1 is 0.789 bits per heavy atom. The second-order valence-corrected chi connectivity index (χ2v) is 4.96. The molecule has 0 rings (SSSR count). The second-order valence-electron chi connectivity index (χ2n) is 2.99. The van der Waals surface area contributed by atoms with Crippen LogP contribution in [0.5, 0.6) is 0 Å². The van der Waals surface area contributed by atoms with E-state index in [9.17, 15) is 8.42 Å². The van der Waals surface area contributed by atoms with Gasteiger partial charge in [0.05, 0.1) is 0 Å². The van der Waals surface area contributed by atoms with Crippen LogP contribution in [0.4, 0.5) is 0 Å². The average molecular weight is 528 g/mol. The molecule has 0 aliphatic carbocycles. The summed E-state index contributed by atoms with van der Waals surface area (Å²) in [6.07, 6.45) is 0. The van der Waals surface area contributed by atoms with Crippen molar-refractivity contribution in [3.8, 4) is 0 Å². The molecule has 0 bridgehead atoms. The molecule has 3 radical (unpaired) electrons. The average Bonchev–Trinajstić information content (AvgIpc) is 1.62. The molecule has 0 aliphatic rings. The fourth-order valence-electron chi connectivity index (χ4n) is 0.258. The predicted octanol–water partition coefficient (Wildman–Crippen LogP) is 5.08. The maximum atomic E-state index is 10.6. The summed E-state index contributed by atoms with van der Waals surface area (Å²) in [7, 11) is -3.94. The van der Waals surface area contributed by atoms with Gasteiger partial charge in [0.2, 0.25) is 10.1 Å². The quantitative estimate of drug-likeness (QED) is 0.402. The van der Waals surface area contributed by atoms with Gasteiger partial charge in [0.1, 0.15) is 0 Å². The van der Waals surface area contributed by atoms with E-state index in [2.05, 4.69) is 0 Å². The van der Waals surface area contributed by atoms with E-state index >= 15 is 0 Å². The van der Waals surface area contributed by atoms with E-state index < -0.39 is 14.9 Å². The zero-order valence-electron chi connectivity index (χ0n) is 8.40. The smallest absolute Gasteiger partial charge is 0.241 e. The van der Waals surface area contributed by atoms with Crippen LogP contribution in [0.1, 0.15) is 72.3 Å². The van der Waals surface area contributed by atoms with Gasteiger partial charge in [-0.2, -0.15) is 13.8 Å². The molecule has 0 aromatic carbocycles. The van der Waals surface area contributed by atoms with Crippen molar-refractivity contribution >= 4 is 10.1 Å². The number of hydrogen-bond acceptors (Lipinski definition) is 2. The molecule has 0 fully saturated rings. The van der Waals surface area contributed by atoms with Crippen molar-refractivity contribution in [3.63, 3.8) is 0 Å². The number of rotatable bonds is 2. The van der Waals surface area contributed by atoms with E-state index in [0.29, 0.717) is 5.92 Å². The van der Waals surface area contributed by atoms with Crippen LogP contribution in [-0.4, -0.2) is 17.7 Å². The van der Waals surface area contributed by atoms with Gasteiger partial charge in [-0.1, -0.05) is 58.4 Å². The van der Waals surface area contributed by atoms with E-state index in [0.717, 1.165) is 0 Å². The van der Waals surface area contributed by atoms with Gasteiger partial charge in [-0.05, 0) is 4.75 Å². The fraction of sp³-hybridized carbons (Fsp3) is 0.917. The third kappa shape index (κ3) is 23.6. The standard InChI is InChI=1S/C6H13O3S.6CH4.3Y/c1-5(2)6(3,4)10(7,8)9;;;;;;;;;/h1-4H3,(H,7,8,9);6*1H4;;;/q-1;;;;;;;;;. The molecule has 1 N–H and O–H groups in total. The van der Waals surface area contributed by atoms with Crippen LogP contribution in [0, 0.1) is 5.92 Å². The third-order valence-electron chi connectivity index (χ3n) is 1.85. The van der Waals surface area contributed by atoms with Gasteiger partial charge in [-0.25, -0.2) is 8.42 Å². The molecule has 0 aromatic heterocycles. The van der Waals surface area contributed by atoms with Crippen molar-refractivity contribution in [1.82, 2.24) is 0 Å². The summed E-state index contributed by atoms with van der Waals surface area (Å²) >= 11 is 0. The molecule has 7 heteroatoms. The Kier molecular flexibility index (Phi) is 92.2. The molecular formula is C12H37O3SY3-. The van der Waals surface area contributed by atoms with Crippen LogP contribution in [0.25, 0.3) is 0 Å². The van der Waals surface area contributed by atoms with Crippen molar-refractivity contribution in [2.45, 2.75) is 77.0 Å². The summed E-state index contributed by atoms with van der Waals surface area (Å²) < 4.78 is 28.8. The van der Waals surface area contributed by atoms with E-state index in [1.54, 1.807) is 13.8 Å². The minimum Gasteiger partial charge on any atom is -0.297 e. The maximum absolute atomic E-state index is 10.6. The molecule has 0 heterocycles.